The third-order valence-corrected chi connectivity index (χ3v) is 1.39. The highest BCUT2D eigenvalue weighted by atomic mass is 16.7. The summed E-state index contributed by atoms with van der Waals surface area (Å²) in [7, 11) is 0. The third kappa shape index (κ3) is 5.66. The van der Waals surface area contributed by atoms with Gasteiger partial charge in [-0.05, 0) is 20.8 Å². The van der Waals surface area contributed by atoms with E-state index in [-0.39, 0.29) is 6.10 Å². The molecular weight excluding hydrogens is 168 g/mol. The molecule has 0 aromatic rings. The summed E-state index contributed by atoms with van der Waals surface area (Å²) < 4.78 is 16.1. The fourth-order valence-electron chi connectivity index (χ4n) is 1.06. The van der Waals surface area contributed by atoms with Crippen LogP contribution in [0, 0.1) is 0 Å². The summed E-state index contributed by atoms with van der Waals surface area (Å²) in [4.78, 5) is 0. The maximum Gasteiger partial charge on any atom is 0.230 e. The standard InChI is InChI=1S/C10H20O3/c1-6-11-8-10(5,12-7-2)13-9(3)4/h7,9H,2,6,8H2,1,3-5H3. The first-order valence-corrected chi connectivity index (χ1v) is 4.58. The van der Waals surface area contributed by atoms with E-state index in [9.17, 15) is 0 Å². The van der Waals surface area contributed by atoms with Crippen LogP contribution in [0.3, 0.4) is 0 Å². The first-order valence-electron chi connectivity index (χ1n) is 4.58. The van der Waals surface area contributed by atoms with E-state index in [2.05, 4.69) is 6.58 Å². The second-order valence-electron chi connectivity index (χ2n) is 3.22. The van der Waals surface area contributed by atoms with Gasteiger partial charge in [0.15, 0.2) is 0 Å². The van der Waals surface area contributed by atoms with Gasteiger partial charge in [0.25, 0.3) is 0 Å². The topological polar surface area (TPSA) is 27.7 Å². The fraction of sp³-hybridized carbons (Fsp3) is 0.800. The lowest BCUT2D eigenvalue weighted by molar-refractivity contribution is -0.239. The average molecular weight is 188 g/mol. The van der Waals surface area contributed by atoms with Gasteiger partial charge in [0.1, 0.15) is 6.61 Å². The minimum Gasteiger partial charge on any atom is -0.468 e. The van der Waals surface area contributed by atoms with Gasteiger partial charge in [-0.25, -0.2) is 0 Å². The monoisotopic (exact) mass is 188 g/mol. The van der Waals surface area contributed by atoms with Crippen LogP contribution in [0.4, 0.5) is 0 Å². The van der Waals surface area contributed by atoms with Crippen molar-refractivity contribution in [3.05, 3.63) is 12.8 Å². The molecule has 13 heavy (non-hydrogen) atoms. The highest BCUT2D eigenvalue weighted by molar-refractivity contribution is 4.68. The SMILES string of the molecule is C=COC(C)(COCC)OC(C)C. The molecule has 1 unspecified atom stereocenters. The Hall–Kier alpha value is -0.540. The number of ether oxygens (including phenoxy) is 3. The van der Waals surface area contributed by atoms with Gasteiger partial charge in [0.2, 0.25) is 5.79 Å². The van der Waals surface area contributed by atoms with Crippen LogP contribution in [-0.4, -0.2) is 25.1 Å². The molecule has 0 spiro atoms. The van der Waals surface area contributed by atoms with Crippen LogP contribution in [0.2, 0.25) is 0 Å². The van der Waals surface area contributed by atoms with Gasteiger partial charge >= 0.3 is 0 Å². The van der Waals surface area contributed by atoms with Crippen molar-refractivity contribution < 1.29 is 14.2 Å². The van der Waals surface area contributed by atoms with Crippen molar-refractivity contribution in [1.29, 1.82) is 0 Å². The van der Waals surface area contributed by atoms with Crippen LogP contribution >= 0.6 is 0 Å². The maximum absolute atomic E-state index is 5.56. The zero-order valence-electron chi connectivity index (χ0n) is 9.00. The summed E-state index contributed by atoms with van der Waals surface area (Å²) >= 11 is 0. The molecule has 3 heteroatoms. The van der Waals surface area contributed by atoms with Crippen molar-refractivity contribution in [2.75, 3.05) is 13.2 Å². The Labute approximate surface area is 80.7 Å². The lowest BCUT2D eigenvalue weighted by Gasteiger charge is -2.30. The molecule has 0 heterocycles. The quantitative estimate of drug-likeness (QED) is 0.453. The number of hydrogen-bond donors (Lipinski definition) is 0. The minimum atomic E-state index is -0.716. The fourth-order valence-corrected chi connectivity index (χ4v) is 1.06. The van der Waals surface area contributed by atoms with Crippen molar-refractivity contribution in [3.8, 4) is 0 Å². The molecule has 0 aliphatic carbocycles. The van der Waals surface area contributed by atoms with Gasteiger partial charge in [-0.1, -0.05) is 6.58 Å². The summed E-state index contributed by atoms with van der Waals surface area (Å²) in [6, 6.07) is 0. The van der Waals surface area contributed by atoms with E-state index < -0.39 is 5.79 Å². The molecule has 0 N–H and O–H groups in total. The second-order valence-corrected chi connectivity index (χ2v) is 3.22. The lowest BCUT2D eigenvalue weighted by Crippen LogP contribution is -2.38. The Balaban J connectivity index is 4.06. The second kappa shape index (κ2) is 6.00. The Bertz CT molecular complexity index is 145. The van der Waals surface area contributed by atoms with Gasteiger partial charge in [-0.3, -0.25) is 0 Å². The van der Waals surface area contributed by atoms with Crippen LogP contribution in [0.1, 0.15) is 27.7 Å². The zero-order valence-corrected chi connectivity index (χ0v) is 9.00. The molecule has 0 amide bonds. The van der Waals surface area contributed by atoms with Gasteiger partial charge in [0, 0.05) is 13.5 Å². The predicted molar refractivity (Wildman–Crippen MR) is 52.4 cm³/mol. The van der Waals surface area contributed by atoms with Crippen LogP contribution in [-0.2, 0) is 14.2 Å². The molecule has 0 aliphatic heterocycles. The summed E-state index contributed by atoms with van der Waals surface area (Å²) in [5.41, 5.74) is 0. The Morgan fingerprint density at radius 1 is 1.46 bits per heavy atom. The minimum absolute atomic E-state index is 0.102. The van der Waals surface area contributed by atoms with Crippen molar-refractivity contribution in [2.45, 2.75) is 39.6 Å². The van der Waals surface area contributed by atoms with Crippen molar-refractivity contribution >= 4 is 0 Å². The van der Waals surface area contributed by atoms with Crippen molar-refractivity contribution in [3.63, 3.8) is 0 Å². The molecule has 0 fully saturated rings. The van der Waals surface area contributed by atoms with E-state index in [0.29, 0.717) is 13.2 Å². The molecule has 3 nitrogen and oxygen atoms in total. The predicted octanol–water partition coefficient (Wildman–Crippen LogP) is 2.32. The van der Waals surface area contributed by atoms with E-state index in [0.717, 1.165) is 0 Å². The number of rotatable bonds is 7. The molecule has 0 radical (unpaired) electrons. The van der Waals surface area contributed by atoms with E-state index in [1.54, 1.807) is 0 Å². The molecule has 0 bridgehead atoms. The third-order valence-electron chi connectivity index (χ3n) is 1.39. The van der Waals surface area contributed by atoms with E-state index in [1.807, 2.05) is 27.7 Å². The first kappa shape index (κ1) is 12.5. The lowest BCUT2D eigenvalue weighted by atomic mass is 10.3. The summed E-state index contributed by atoms with van der Waals surface area (Å²) in [6.45, 7) is 12.2. The van der Waals surface area contributed by atoms with Crippen LogP contribution in [0.5, 0.6) is 0 Å². The van der Waals surface area contributed by atoms with Gasteiger partial charge < -0.3 is 14.2 Å². The molecule has 0 aromatic carbocycles. The normalized spacial score (nSPS) is 15.5. The van der Waals surface area contributed by atoms with Gasteiger partial charge in [-0.2, -0.15) is 0 Å². The summed E-state index contributed by atoms with van der Waals surface area (Å²) in [5, 5.41) is 0. The highest BCUT2D eigenvalue weighted by Crippen LogP contribution is 2.15. The smallest absolute Gasteiger partial charge is 0.230 e. The zero-order chi connectivity index (χ0) is 10.3. The van der Waals surface area contributed by atoms with Crippen molar-refractivity contribution in [1.82, 2.24) is 0 Å². The van der Waals surface area contributed by atoms with E-state index in [1.165, 1.54) is 6.26 Å². The Morgan fingerprint density at radius 2 is 2.08 bits per heavy atom. The highest BCUT2D eigenvalue weighted by Gasteiger charge is 2.27. The molecule has 0 aromatic heterocycles. The molecule has 0 aliphatic rings. The molecular formula is C10H20O3. The number of hydrogen-bond acceptors (Lipinski definition) is 3. The van der Waals surface area contributed by atoms with Crippen LogP contribution < -0.4 is 0 Å². The Morgan fingerprint density at radius 3 is 2.46 bits per heavy atom. The molecule has 0 saturated heterocycles. The summed E-state index contributed by atoms with van der Waals surface area (Å²) in [6.07, 6.45) is 1.48. The maximum atomic E-state index is 5.56. The van der Waals surface area contributed by atoms with Crippen LogP contribution in [0.15, 0.2) is 12.8 Å². The van der Waals surface area contributed by atoms with Crippen LogP contribution in [0.25, 0.3) is 0 Å². The average Bonchev–Trinajstić information content (AvgIpc) is 2.00. The largest absolute Gasteiger partial charge is 0.468 e. The molecule has 1 atom stereocenters. The van der Waals surface area contributed by atoms with Gasteiger partial charge in [0.05, 0.1) is 12.4 Å². The molecule has 0 saturated carbocycles. The Kier molecular flexibility index (Phi) is 5.75. The summed E-state index contributed by atoms with van der Waals surface area (Å²) in [5.74, 6) is -0.716. The van der Waals surface area contributed by atoms with Crippen molar-refractivity contribution in [2.24, 2.45) is 0 Å². The molecule has 78 valence electrons. The van der Waals surface area contributed by atoms with E-state index in [4.69, 9.17) is 14.2 Å². The first-order chi connectivity index (χ1) is 6.04. The van der Waals surface area contributed by atoms with E-state index >= 15 is 0 Å². The molecule has 0 rings (SSSR count). The van der Waals surface area contributed by atoms with Gasteiger partial charge in [-0.15, -0.1) is 0 Å².